The fraction of sp³-hybridized carbons (Fsp3) is 0.480. The van der Waals surface area contributed by atoms with Crippen LogP contribution < -0.4 is 19.5 Å². The van der Waals surface area contributed by atoms with E-state index in [4.69, 9.17) is 23.7 Å². The largest absolute Gasteiger partial charge is 0.491 e. The zero-order chi connectivity index (χ0) is 23.9. The molecule has 0 unspecified atom stereocenters. The third kappa shape index (κ3) is 5.90. The molecular weight excluding hydrogens is 441 g/mol. The first kappa shape index (κ1) is 24.1. The van der Waals surface area contributed by atoms with Crippen molar-refractivity contribution in [1.29, 1.82) is 0 Å². The molecule has 1 aliphatic rings. The molecule has 0 saturated carbocycles. The lowest BCUT2D eigenvalue weighted by Crippen LogP contribution is -2.38. The van der Waals surface area contributed by atoms with Gasteiger partial charge in [0, 0.05) is 31.7 Å². The van der Waals surface area contributed by atoms with E-state index >= 15 is 0 Å². The van der Waals surface area contributed by atoms with Crippen molar-refractivity contribution < 1.29 is 28.1 Å². The Morgan fingerprint density at radius 1 is 1.09 bits per heavy atom. The minimum absolute atomic E-state index is 0.0368. The molecule has 1 aromatic heterocycles. The minimum Gasteiger partial charge on any atom is -0.491 e. The number of piperidine rings is 1. The first-order valence-electron chi connectivity index (χ1n) is 11.8. The van der Waals surface area contributed by atoms with Gasteiger partial charge in [0.15, 0.2) is 17.1 Å². The zero-order valence-corrected chi connectivity index (χ0v) is 19.7. The maximum absolute atomic E-state index is 14.5. The number of hydrogen-bond acceptors (Lipinski definition) is 8. The van der Waals surface area contributed by atoms with Gasteiger partial charge in [0.1, 0.15) is 17.9 Å². The van der Waals surface area contributed by atoms with Gasteiger partial charge in [0.2, 0.25) is 5.82 Å². The molecule has 0 radical (unpaired) electrons. The van der Waals surface area contributed by atoms with Crippen LogP contribution in [0.5, 0.6) is 17.2 Å². The summed E-state index contributed by atoms with van der Waals surface area (Å²) >= 11 is 0. The lowest BCUT2D eigenvalue weighted by atomic mass is 10.0. The van der Waals surface area contributed by atoms with Crippen LogP contribution >= 0.6 is 0 Å². The van der Waals surface area contributed by atoms with E-state index in [-0.39, 0.29) is 30.8 Å². The summed E-state index contributed by atoms with van der Waals surface area (Å²) in [5.74, 6) is 0.679. The highest BCUT2D eigenvalue weighted by Gasteiger charge is 2.22. The number of nitrogens with one attached hydrogen (secondary N) is 1. The molecule has 2 heterocycles. The first-order valence-corrected chi connectivity index (χ1v) is 11.8. The molecule has 184 valence electrons. The summed E-state index contributed by atoms with van der Waals surface area (Å²) < 4.78 is 36.7. The van der Waals surface area contributed by atoms with Gasteiger partial charge in [0.05, 0.1) is 19.8 Å². The quantitative estimate of drug-likeness (QED) is 0.428. The standard InChI is InChI=1S/C25H32FN3O5/c1-3-31-22-13-17(14-23(24(22)26)32-4-2)16-29-9-7-18(8-10-29)27-25-28-20-15-19(33-12-11-30)5-6-21(20)34-25/h5-6,13-15,18,30H,3-4,7-12,16H2,1-2H3,(H,27,28). The summed E-state index contributed by atoms with van der Waals surface area (Å²) in [6.45, 7) is 7.16. The summed E-state index contributed by atoms with van der Waals surface area (Å²) in [6, 6.07) is 9.70. The molecular formula is C25H32FN3O5. The summed E-state index contributed by atoms with van der Waals surface area (Å²) in [5, 5.41) is 12.3. The second kappa shape index (κ2) is 11.4. The van der Waals surface area contributed by atoms with Gasteiger partial charge < -0.3 is 29.1 Å². The summed E-state index contributed by atoms with van der Waals surface area (Å²) in [4.78, 5) is 6.87. The maximum Gasteiger partial charge on any atom is 0.295 e. The van der Waals surface area contributed by atoms with E-state index in [0.717, 1.165) is 31.5 Å². The van der Waals surface area contributed by atoms with E-state index in [2.05, 4.69) is 15.2 Å². The summed E-state index contributed by atoms with van der Waals surface area (Å²) in [7, 11) is 0. The normalized spacial score (nSPS) is 14.9. The predicted molar refractivity (Wildman–Crippen MR) is 127 cm³/mol. The molecule has 2 aromatic carbocycles. The van der Waals surface area contributed by atoms with Crippen molar-refractivity contribution in [1.82, 2.24) is 9.88 Å². The smallest absolute Gasteiger partial charge is 0.295 e. The Labute approximate surface area is 198 Å². The van der Waals surface area contributed by atoms with Crippen LogP contribution in [0.25, 0.3) is 11.1 Å². The van der Waals surface area contributed by atoms with Crippen LogP contribution in [-0.4, -0.2) is 60.5 Å². The van der Waals surface area contributed by atoms with E-state index < -0.39 is 5.82 Å². The Balaban J connectivity index is 1.34. The number of nitrogens with zero attached hydrogens (tertiary/aromatic N) is 2. The highest BCUT2D eigenvalue weighted by Crippen LogP contribution is 2.30. The minimum atomic E-state index is -0.444. The molecule has 34 heavy (non-hydrogen) atoms. The van der Waals surface area contributed by atoms with Crippen molar-refractivity contribution in [3.05, 3.63) is 41.7 Å². The van der Waals surface area contributed by atoms with Gasteiger partial charge in [-0.25, -0.2) is 0 Å². The predicted octanol–water partition coefficient (Wildman–Crippen LogP) is 4.21. The second-order valence-corrected chi connectivity index (χ2v) is 8.19. The van der Waals surface area contributed by atoms with E-state index in [1.807, 2.05) is 19.9 Å². The third-order valence-electron chi connectivity index (χ3n) is 5.71. The number of rotatable bonds is 11. The van der Waals surface area contributed by atoms with E-state index in [1.165, 1.54) is 0 Å². The summed E-state index contributed by atoms with van der Waals surface area (Å²) in [5.41, 5.74) is 2.36. The molecule has 0 bridgehead atoms. The van der Waals surface area contributed by atoms with Gasteiger partial charge in [-0.15, -0.1) is 0 Å². The average molecular weight is 474 g/mol. The molecule has 8 nitrogen and oxygen atoms in total. The fourth-order valence-corrected chi connectivity index (χ4v) is 4.13. The van der Waals surface area contributed by atoms with Crippen molar-refractivity contribution in [3.63, 3.8) is 0 Å². The second-order valence-electron chi connectivity index (χ2n) is 8.19. The molecule has 1 aliphatic heterocycles. The van der Waals surface area contributed by atoms with Gasteiger partial charge in [-0.2, -0.15) is 9.37 Å². The van der Waals surface area contributed by atoms with Crippen molar-refractivity contribution >= 4 is 17.1 Å². The van der Waals surface area contributed by atoms with Crippen LogP contribution in [0.3, 0.4) is 0 Å². The van der Waals surface area contributed by atoms with Crippen LogP contribution in [0.2, 0.25) is 0 Å². The highest BCUT2D eigenvalue weighted by molar-refractivity contribution is 5.76. The van der Waals surface area contributed by atoms with E-state index in [1.54, 1.807) is 24.3 Å². The van der Waals surface area contributed by atoms with Crippen LogP contribution in [-0.2, 0) is 6.54 Å². The number of halogens is 1. The van der Waals surface area contributed by atoms with Gasteiger partial charge in [-0.1, -0.05) is 0 Å². The van der Waals surface area contributed by atoms with Crippen LogP contribution in [0.4, 0.5) is 10.4 Å². The molecule has 1 fully saturated rings. The van der Waals surface area contributed by atoms with Crippen molar-refractivity contribution in [3.8, 4) is 17.2 Å². The zero-order valence-electron chi connectivity index (χ0n) is 19.7. The number of anilines is 1. The Hall–Kier alpha value is -3.04. The number of ether oxygens (including phenoxy) is 3. The number of fused-ring (bicyclic) bond motifs is 1. The molecule has 3 aromatic rings. The monoisotopic (exact) mass is 473 g/mol. The molecule has 0 aliphatic carbocycles. The molecule has 0 amide bonds. The number of hydrogen-bond donors (Lipinski definition) is 2. The van der Waals surface area contributed by atoms with Gasteiger partial charge >= 0.3 is 0 Å². The lowest BCUT2D eigenvalue weighted by molar-refractivity contribution is 0.201. The Morgan fingerprint density at radius 3 is 2.44 bits per heavy atom. The average Bonchev–Trinajstić information content (AvgIpc) is 3.23. The lowest BCUT2D eigenvalue weighted by Gasteiger charge is -2.32. The molecule has 2 N–H and O–H groups in total. The van der Waals surface area contributed by atoms with Crippen molar-refractivity contribution in [2.45, 2.75) is 39.3 Å². The number of aliphatic hydroxyl groups is 1. The van der Waals surface area contributed by atoms with Crippen LogP contribution in [0.1, 0.15) is 32.3 Å². The number of likely N-dealkylation sites (tertiary alicyclic amines) is 1. The molecule has 1 saturated heterocycles. The number of aromatic nitrogens is 1. The van der Waals surface area contributed by atoms with Gasteiger partial charge in [-0.3, -0.25) is 4.90 Å². The van der Waals surface area contributed by atoms with E-state index in [0.29, 0.717) is 42.6 Å². The van der Waals surface area contributed by atoms with Crippen molar-refractivity contribution in [2.75, 3.05) is 44.8 Å². The van der Waals surface area contributed by atoms with Crippen LogP contribution in [0.15, 0.2) is 34.7 Å². The Kier molecular flexibility index (Phi) is 8.08. The van der Waals surface area contributed by atoms with Gasteiger partial charge in [0.25, 0.3) is 6.01 Å². The molecule has 4 rings (SSSR count). The number of oxazole rings is 1. The maximum atomic E-state index is 14.5. The molecule has 9 heteroatoms. The SMILES string of the molecule is CCOc1cc(CN2CCC(Nc3nc4cc(OCCO)ccc4o3)CC2)cc(OCC)c1F. The number of benzene rings is 2. The summed E-state index contributed by atoms with van der Waals surface area (Å²) in [6.07, 6.45) is 1.86. The van der Waals surface area contributed by atoms with Crippen LogP contribution in [0, 0.1) is 5.82 Å². The first-order chi connectivity index (χ1) is 16.6. The molecule has 0 atom stereocenters. The molecule has 0 spiro atoms. The Bertz CT molecular complexity index is 1050. The van der Waals surface area contributed by atoms with Gasteiger partial charge in [-0.05, 0) is 56.5 Å². The van der Waals surface area contributed by atoms with E-state index in [9.17, 15) is 4.39 Å². The highest BCUT2D eigenvalue weighted by atomic mass is 19.1. The third-order valence-corrected chi connectivity index (χ3v) is 5.71. The van der Waals surface area contributed by atoms with Crippen molar-refractivity contribution in [2.24, 2.45) is 0 Å². The topological polar surface area (TPSA) is 89.2 Å². The Morgan fingerprint density at radius 2 is 1.79 bits per heavy atom. The number of aliphatic hydroxyl groups excluding tert-OH is 1. The fourth-order valence-electron chi connectivity index (χ4n) is 4.13.